The Balaban J connectivity index is 1.37. The van der Waals surface area contributed by atoms with Gasteiger partial charge < -0.3 is 20.6 Å². The van der Waals surface area contributed by atoms with Crippen LogP contribution in [0.3, 0.4) is 0 Å². The predicted octanol–water partition coefficient (Wildman–Crippen LogP) is 0.663. The van der Waals surface area contributed by atoms with Gasteiger partial charge in [-0.3, -0.25) is 14.3 Å². The molecule has 2 amide bonds. The molecule has 1 aromatic heterocycles. The first-order valence-corrected chi connectivity index (χ1v) is 10.5. The Bertz CT molecular complexity index is 906. The number of benzene rings is 1. The minimum absolute atomic E-state index is 0.0859. The van der Waals surface area contributed by atoms with Gasteiger partial charge in [0.2, 0.25) is 11.8 Å². The molecular formula is C22H29N5O3. The standard InChI is InChI=1S/C22H29N5O3/c1-23-20(16-7-8-16)22(30)27-13-17(28)11-19(27)21(29)24-12-14-3-5-15(6-4-14)18-9-10-25-26(18)2/h3-6,9-10,16-17,19-20,23,28H,7-8,11-13H2,1-2H3,(H,24,29)/t17-,19+,20?/m1/s1. The van der Waals surface area contributed by atoms with Gasteiger partial charge in [-0.25, -0.2) is 0 Å². The van der Waals surface area contributed by atoms with E-state index in [4.69, 9.17) is 0 Å². The van der Waals surface area contributed by atoms with Gasteiger partial charge in [0.15, 0.2) is 0 Å². The molecule has 0 radical (unpaired) electrons. The van der Waals surface area contributed by atoms with Gasteiger partial charge >= 0.3 is 0 Å². The molecule has 2 aromatic rings. The largest absolute Gasteiger partial charge is 0.391 e. The van der Waals surface area contributed by atoms with Gasteiger partial charge in [-0.15, -0.1) is 0 Å². The van der Waals surface area contributed by atoms with E-state index in [1.54, 1.807) is 18.1 Å². The van der Waals surface area contributed by atoms with Crippen LogP contribution in [0, 0.1) is 5.92 Å². The second kappa shape index (κ2) is 8.57. The van der Waals surface area contributed by atoms with Crippen LogP contribution in [0.5, 0.6) is 0 Å². The monoisotopic (exact) mass is 411 g/mol. The highest BCUT2D eigenvalue weighted by atomic mass is 16.3. The molecule has 3 N–H and O–H groups in total. The molecule has 1 aromatic carbocycles. The van der Waals surface area contributed by atoms with Crippen LogP contribution >= 0.6 is 0 Å². The molecule has 3 atom stereocenters. The second-order valence-electron chi connectivity index (χ2n) is 8.25. The van der Waals surface area contributed by atoms with E-state index in [-0.39, 0.29) is 30.8 Å². The van der Waals surface area contributed by atoms with E-state index in [1.807, 2.05) is 42.1 Å². The minimum Gasteiger partial charge on any atom is -0.391 e. The molecule has 2 fully saturated rings. The van der Waals surface area contributed by atoms with Crippen molar-refractivity contribution in [2.75, 3.05) is 13.6 Å². The lowest BCUT2D eigenvalue weighted by Gasteiger charge is -2.28. The number of aromatic nitrogens is 2. The summed E-state index contributed by atoms with van der Waals surface area (Å²) in [7, 11) is 3.67. The third-order valence-electron chi connectivity index (χ3n) is 6.07. The number of likely N-dealkylation sites (tertiary alicyclic amines) is 1. The molecule has 2 heterocycles. The van der Waals surface area contributed by atoms with Crippen LogP contribution in [0.1, 0.15) is 24.8 Å². The zero-order valence-corrected chi connectivity index (χ0v) is 17.4. The molecule has 2 aliphatic rings. The van der Waals surface area contributed by atoms with Gasteiger partial charge in [-0.05, 0) is 43.0 Å². The number of hydrogen-bond donors (Lipinski definition) is 3. The zero-order chi connectivity index (χ0) is 21.3. The fourth-order valence-corrected chi connectivity index (χ4v) is 4.23. The maximum absolute atomic E-state index is 12.9. The van der Waals surface area contributed by atoms with Crippen LogP contribution in [-0.4, -0.2) is 63.4 Å². The maximum Gasteiger partial charge on any atom is 0.243 e. The third kappa shape index (κ3) is 4.24. The van der Waals surface area contributed by atoms with Gasteiger partial charge in [0.1, 0.15) is 6.04 Å². The van der Waals surface area contributed by atoms with Gasteiger partial charge in [0.05, 0.1) is 17.8 Å². The summed E-state index contributed by atoms with van der Waals surface area (Å²) in [5, 5.41) is 20.3. The smallest absolute Gasteiger partial charge is 0.243 e. The van der Waals surface area contributed by atoms with Crippen molar-refractivity contribution in [1.82, 2.24) is 25.3 Å². The lowest BCUT2D eigenvalue weighted by molar-refractivity contribution is -0.140. The fourth-order valence-electron chi connectivity index (χ4n) is 4.23. The van der Waals surface area contributed by atoms with Gasteiger partial charge in [-0.2, -0.15) is 5.10 Å². The van der Waals surface area contributed by atoms with Crippen molar-refractivity contribution in [3.63, 3.8) is 0 Å². The number of carbonyl (C=O) groups is 2. The van der Waals surface area contributed by atoms with E-state index in [0.717, 1.165) is 29.7 Å². The molecule has 160 valence electrons. The molecule has 0 bridgehead atoms. The number of likely N-dealkylation sites (N-methyl/N-ethyl adjacent to an activating group) is 1. The SMILES string of the molecule is CNC(C(=O)N1C[C@H](O)C[C@H]1C(=O)NCc1ccc(-c2ccnn2C)cc1)C1CC1. The number of aryl methyl sites for hydroxylation is 1. The number of amides is 2. The molecule has 1 aliphatic carbocycles. The van der Waals surface area contributed by atoms with Crippen molar-refractivity contribution in [3.8, 4) is 11.3 Å². The zero-order valence-electron chi connectivity index (χ0n) is 17.4. The van der Waals surface area contributed by atoms with E-state index in [0.29, 0.717) is 12.5 Å². The van der Waals surface area contributed by atoms with Crippen LogP contribution in [0.4, 0.5) is 0 Å². The quantitative estimate of drug-likeness (QED) is 0.622. The summed E-state index contributed by atoms with van der Waals surface area (Å²) in [6.07, 6.45) is 3.42. The number of aliphatic hydroxyl groups excluding tert-OH is 1. The topological polar surface area (TPSA) is 99.5 Å². The van der Waals surface area contributed by atoms with E-state index >= 15 is 0 Å². The number of nitrogens with zero attached hydrogens (tertiary/aromatic N) is 3. The highest BCUT2D eigenvalue weighted by Crippen LogP contribution is 2.34. The summed E-state index contributed by atoms with van der Waals surface area (Å²) < 4.78 is 1.81. The number of β-amino-alcohol motifs (C(OH)–C–C–N with tert-alkyl or cyclic N) is 1. The first kappa shape index (κ1) is 20.6. The van der Waals surface area contributed by atoms with Crippen molar-refractivity contribution in [3.05, 3.63) is 42.1 Å². The molecule has 0 spiro atoms. The molecule has 1 unspecified atom stereocenters. The average molecular weight is 412 g/mol. The van der Waals surface area contributed by atoms with Gasteiger partial charge in [0.25, 0.3) is 0 Å². The summed E-state index contributed by atoms with van der Waals surface area (Å²) in [5.41, 5.74) is 3.05. The van der Waals surface area contributed by atoms with Crippen LogP contribution in [0.25, 0.3) is 11.3 Å². The molecule has 1 saturated heterocycles. The van der Waals surface area contributed by atoms with Crippen LogP contribution < -0.4 is 10.6 Å². The van der Waals surface area contributed by atoms with Crippen molar-refractivity contribution in [2.45, 2.75) is 44.0 Å². The molecule has 8 nitrogen and oxygen atoms in total. The number of nitrogens with one attached hydrogen (secondary N) is 2. The summed E-state index contributed by atoms with van der Waals surface area (Å²) in [5.74, 6) is 0.0281. The Morgan fingerprint density at radius 2 is 1.97 bits per heavy atom. The maximum atomic E-state index is 12.9. The fraction of sp³-hybridized carbons (Fsp3) is 0.500. The van der Waals surface area contributed by atoms with E-state index < -0.39 is 12.1 Å². The Labute approximate surface area is 176 Å². The minimum atomic E-state index is -0.667. The first-order chi connectivity index (χ1) is 14.5. The number of rotatable bonds is 7. The lowest BCUT2D eigenvalue weighted by atomic mass is 10.1. The lowest BCUT2D eigenvalue weighted by Crippen LogP contribution is -2.52. The normalized spacial score (nSPS) is 22.2. The predicted molar refractivity (Wildman–Crippen MR) is 112 cm³/mol. The Morgan fingerprint density at radius 1 is 1.23 bits per heavy atom. The van der Waals surface area contributed by atoms with E-state index in [1.165, 1.54) is 0 Å². The second-order valence-corrected chi connectivity index (χ2v) is 8.25. The average Bonchev–Trinajstić information content (AvgIpc) is 3.36. The molecule has 30 heavy (non-hydrogen) atoms. The highest BCUT2D eigenvalue weighted by molar-refractivity contribution is 5.90. The number of hydrogen-bond acceptors (Lipinski definition) is 5. The molecule has 1 saturated carbocycles. The summed E-state index contributed by atoms with van der Waals surface area (Å²) in [6, 6.07) is 8.99. The van der Waals surface area contributed by atoms with Crippen LogP contribution in [-0.2, 0) is 23.2 Å². The summed E-state index contributed by atoms with van der Waals surface area (Å²) >= 11 is 0. The van der Waals surface area contributed by atoms with Gasteiger partial charge in [-0.1, -0.05) is 24.3 Å². The molecular weight excluding hydrogens is 382 g/mol. The molecule has 8 heteroatoms. The van der Waals surface area contributed by atoms with Crippen molar-refractivity contribution >= 4 is 11.8 Å². The van der Waals surface area contributed by atoms with Gasteiger partial charge in [0, 0.05) is 32.8 Å². The van der Waals surface area contributed by atoms with Crippen molar-refractivity contribution < 1.29 is 14.7 Å². The Kier molecular flexibility index (Phi) is 5.87. The van der Waals surface area contributed by atoms with E-state index in [9.17, 15) is 14.7 Å². The highest BCUT2D eigenvalue weighted by Gasteiger charge is 2.44. The summed E-state index contributed by atoms with van der Waals surface area (Å²) in [4.78, 5) is 27.3. The Hall–Kier alpha value is -2.71. The van der Waals surface area contributed by atoms with E-state index in [2.05, 4.69) is 15.7 Å². The summed E-state index contributed by atoms with van der Waals surface area (Å²) in [6.45, 7) is 0.582. The third-order valence-corrected chi connectivity index (χ3v) is 6.07. The van der Waals surface area contributed by atoms with Crippen molar-refractivity contribution in [2.24, 2.45) is 13.0 Å². The first-order valence-electron chi connectivity index (χ1n) is 10.5. The van der Waals surface area contributed by atoms with Crippen LogP contribution in [0.2, 0.25) is 0 Å². The molecule has 1 aliphatic heterocycles. The Morgan fingerprint density at radius 3 is 2.57 bits per heavy atom. The van der Waals surface area contributed by atoms with Crippen molar-refractivity contribution in [1.29, 1.82) is 0 Å². The number of carbonyl (C=O) groups excluding carboxylic acids is 2. The number of aliphatic hydroxyl groups is 1. The molecule has 4 rings (SSSR count). The van der Waals surface area contributed by atoms with Crippen LogP contribution in [0.15, 0.2) is 36.5 Å².